The molecule has 0 aromatic carbocycles. The zero-order valence-corrected chi connectivity index (χ0v) is 9.47. The van der Waals surface area contributed by atoms with E-state index in [1.807, 2.05) is 0 Å². The molecule has 1 aromatic heterocycles. The van der Waals surface area contributed by atoms with E-state index in [1.165, 1.54) is 0 Å². The third kappa shape index (κ3) is 1.27. The molecule has 1 atom stereocenters. The van der Waals surface area contributed by atoms with E-state index in [0.29, 0.717) is 17.5 Å². The van der Waals surface area contributed by atoms with Crippen LogP contribution in [0.1, 0.15) is 12.8 Å². The molecule has 0 radical (unpaired) electrons. The Labute approximate surface area is 97.8 Å². The second kappa shape index (κ2) is 3.45. The van der Waals surface area contributed by atoms with Gasteiger partial charge in [-0.15, -0.1) is 10.2 Å². The maximum absolute atomic E-state index is 13.3. The second-order valence-electron chi connectivity index (χ2n) is 4.37. The standard InChI is InChI=1S/C10H12ClFN4/c11-8-4-7-9(15-14-8)13-6-10(5-12)2-1-3-16(7)10/h4H,1-3,5-6H2,(H,13,15). The maximum atomic E-state index is 13.3. The highest BCUT2D eigenvalue weighted by Crippen LogP contribution is 2.41. The normalized spacial score (nSPS) is 27.2. The van der Waals surface area contributed by atoms with Crippen molar-refractivity contribution >= 4 is 23.1 Å². The highest BCUT2D eigenvalue weighted by atomic mass is 35.5. The zero-order chi connectivity index (χ0) is 11.2. The predicted molar refractivity (Wildman–Crippen MR) is 60.8 cm³/mol. The van der Waals surface area contributed by atoms with Gasteiger partial charge in [-0.1, -0.05) is 11.6 Å². The highest BCUT2D eigenvalue weighted by molar-refractivity contribution is 6.29. The van der Waals surface area contributed by atoms with Crippen LogP contribution in [0.4, 0.5) is 15.9 Å². The number of nitrogens with one attached hydrogen (secondary N) is 1. The third-order valence-corrected chi connectivity index (χ3v) is 3.65. The summed E-state index contributed by atoms with van der Waals surface area (Å²) in [5.41, 5.74) is 0.473. The molecule has 2 aliphatic rings. The summed E-state index contributed by atoms with van der Waals surface area (Å²) in [4.78, 5) is 2.08. The number of fused-ring (bicyclic) bond motifs is 3. The summed E-state index contributed by atoms with van der Waals surface area (Å²) in [6.07, 6.45) is 1.88. The van der Waals surface area contributed by atoms with Gasteiger partial charge in [-0.3, -0.25) is 0 Å². The lowest BCUT2D eigenvalue weighted by Gasteiger charge is -2.42. The van der Waals surface area contributed by atoms with Crippen molar-refractivity contribution < 1.29 is 4.39 Å². The molecule has 1 fully saturated rings. The number of hydrogen-bond donors (Lipinski definition) is 1. The second-order valence-corrected chi connectivity index (χ2v) is 4.75. The summed E-state index contributed by atoms with van der Waals surface area (Å²) in [5, 5.41) is 11.3. The van der Waals surface area contributed by atoms with Gasteiger partial charge in [0.25, 0.3) is 0 Å². The minimum Gasteiger partial charge on any atom is -0.364 e. The van der Waals surface area contributed by atoms with Crippen LogP contribution in [0.5, 0.6) is 0 Å². The van der Waals surface area contributed by atoms with Crippen LogP contribution in [0, 0.1) is 0 Å². The third-order valence-electron chi connectivity index (χ3n) is 3.46. The lowest BCUT2D eigenvalue weighted by molar-refractivity contribution is 0.315. The van der Waals surface area contributed by atoms with Crippen LogP contribution >= 0.6 is 11.6 Å². The van der Waals surface area contributed by atoms with Crippen molar-refractivity contribution in [2.75, 3.05) is 30.0 Å². The molecule has 1 saturated heterocycles. The number of alkyl halides is 1. The van der Waals surface area contributed by atoms with Crippen molar-refractivity contribution in [2.45, 2.75) is 18.4 Å². The topological polar surface area (TPSA) is 41.1 Å². The van der Waals surface area contributed by atoms with E-state index in [2.05, 4.69) is 20.4 Å². The molecular formula is C10H12ClFN4. The summed E-state index contributed by atoms with van der Waals surface area (Å²) in [6.45, 7) is 1.10. The molecule has 0 saturated carbocycles. The van der Waals surface area contributed by atoms with Crippen LogP contribution in [0.3, 0.4) is 0 Å². The van der Waals surface area contributed by atoms with Gasteiger partial charge in [-0.2, -0.15) is 0 Å². The molecule has 16 heavy (non-hydrogen) atoms. The Kier molecular flexibility index (Phi) is 2.17. The molecule has 2 aliphatic heterocycles. The molecule has 3 rings (SSSR count). The first-order valence-electron chi connectivity index (χ1n) is 5.36. The van der Waals surface area contributed by atoms with Gasteiger partial charge < -0.3 is 10.2 Å². The van der Waals surface area contributed by atoms with Gasteiger partial charge in [-0.25, -0.2) is 4.39 Å². The van der Waals surface area contributed by atoms with Gasteiger partial charge in [0.15, 0.2) is 11.0 Å². The van der Waals surface area contributed by atoms with Crippen LogP contribution < -0.4 is 10.2 Å². The van der Waals surface area contributed by atoms with E-state index >= 15 is 0 Å². The molecule has 3 heterocycles. The first-order chi connectivity index (χ1) is 7.75. The Balaban J connectivity index is 2.09. The van der Waals surface area contributed by atoms with Crippen molar-refractivity contribution in [3.8, 4) is 0 Å². The van der Waals surface area contributed by atoms with E-state index in [0.717, 1.165) is 25.1 Å². The summed E-state index contributed by atoms with van der Waals surface area (Å²) < 4.78 is 13.3. The first-order valence-corrected chi connectivity index (χ1v) is 5.74. The van der Waals surface area contributed by atoms with E-state index in [1.54, 1.807) is 6.07 Å². The predicted octanol–water partition coefficient (Wildman–Crippen LogP) is 1.86. The average molecular weight is 243 g/mol. The number of hydrogen-bond acceptors (Lipinski definition) is 4. The van der Waals surface area contributed by atoms with Crippen molar-refractivity contribution in [3.05, 3.63) is 11.2 Å². The number of anilines is 2. The Morgan fingerprint density at radius 2 is 2.44 bits per heavy atom. The smallest absolute Gasteiger partial charge is 0.172 e. The molecule has 0 bridgehead atoms. The van der Waals surface area contributed by atoms with Crippen LogP contribution in [0.2, 0.25) is 5.15 Å². The van der Waals surface area contributed by atoms with Crippen molar-refractivity contribution in [3.63, 3.8) is 0 Å². The fourth-order valence-corrected chi connectivity index (χ4v) is 2.76. The van der Waals surface area contributed by atoms with Crippen LogP contribution in [0.15, 0.2) is 6.07 Å². The highest BCUT2D eigenvalue weighted by Gasteiger charge is 2.45. The van der Waals surface area contributed by atoms with Gasteiger partial charge in [-0.05, 0) is 12.8 Å². The summed E-state index contributed by atoms with van der Waals surface area (Å²) in [5.74, 6) is 0.704. The maximum Gasteiger partial charge on any atom is 0.172 e. The Hall–Kier alpha value is -1.10. The minimum atomic E-state index is -0.403. The van der Waals surface area contributed by atoms with Gasteiger partial charge >= 0.3 is 0 Å². The molecule has 1 N–H and O–H groups in total. The van der Waals surface area contributed by atoms with Crippen molar-refractivity contribution in [1.29, 1.82) is 0 Å². The molecule has 0 aliphatic carbocycles. The zero-order valence-electron chi connectivity index (χ0n) is 8.71. The summed E-state index contributed by atoms with van der Waals surface area (Å²) in [7, 11) is 0. The van der Waals surface area contributed by atoms with Gasteiger partial charge in [0, 0.05) is 19.2 Å². The largest absolute Gasteiger partial charge is 0.364 e. The fraction of sp³-hybridized carbons (Fsp3) is 0.600. The number of rotatable bonds is 1. The number of aromatic nitrogens is 2. The van der Waals surface area contributed by atoms with Gasteiger partial charge in [0.05, 0.1) is 11.2 Å². The fourth-order valence-electron chi connectivity index (χ4n) is 2.62. The van der Waals surface area contributed by atoms with E-state index in [9.17, 15) is 4.39 Å². The molecule has 86 valence electrons. The van der Waals surface area contributed by atoms with E-state index in [-0.39, 0.29) is 6.67 Å². The van der Waals surface area contributed by atoms with Crippen LogP contribution in [-0.2, 0) is 0 Å². The molecule has 4 nitrogen and oxygen atoms in total. The quantitative estimate of drug-likeness (QED) is 0.816. The molecular weight excluding hydrogens is 231 g/mol. The lowest BCUT2D eigenvalue weighted by atomic mass is 9.95. The van der Waals surface area contributed by atoms with Gasteiger partial charge in [0.2, 0.25) is 0 Å². The van der Waals surface area contributed by atoms with Gasteiger partial charge in [0.1, 0.15) is 6.67 Å². The van der Waals surface area contributed by atoms with Crippen molar-refractivity contribution in [2.24, 2.45) is 0 Å². The SMILES string of the molecule is FCC12CCCN1c1cc(Cl)nnc1NC2. The molecule has 0 amide bonds. The number of halogens is 2. The van der Waals surface area contributed by atoms with Crippen molar-refractivity contribution in [1.82, 2.24) is 10.2 Å². The Morgan fingerprint density at radius 1 is 1.56 bits per heavy atom. The van der Waals surface area contributed by atoms with Crippen LogP contribution in [-0.4, -0.2) is 35.5 Å². The number of nitrogens with zero attached hydrogens (tertiary/aromatic N) is 3. The summed E-state index contributed by atoms with van der Waals surface area (Å²) >= 11 is 5.83. The molecule has 1 aromatic rings. The summed E-state index contributed by atoms with van der Waals surface area (Å²) in [6, 6.07) is 1.76. The molecule has 1 unspecified atom stereocenters. The lowest BCUT2D eigenvalue weighted by Crippen LogP contribution is -2.54. The first kappa shape index (κ1) is 10.1. The minimum absolute atomic E-state index is 0.348. The van der Waals surface area contributed by atoms with Crippen LogP contribution in [0.25, 0.3) is 0 Å². The van der Waals surface area contributed by atoms with E-state index < -0.39 is 5.54 Å². The van der Waals surface area contributed by atoms with E-state index in [4.69, 9.17) is 11.6 Å². The monoisotopic (exact) mass is 242 g/mol. The average Bonchev–Trinajstić information content (AvgIpc) is 2.73. The molecule has 6 heteroatoms. The molecule has 0 spiro atoms. The Bertz CT molecular complexity index is 427. The Morgan fingerprint density at radius 3 is 3.25 bits per heavy atom.